The van der Waals surface area contributed by atoms with Crippen molar-refractivity contribution in [3.05, 3.63) is 48.0 Å². The summed E-state index contributed by atoms with van der Waals surface area (Å²) in [6.07, 6.45) is 0. The van der Waals surface area contributed by atoms with Crippen molar-refractivity contribution >= 4 is 5.97 Å². The molecule has 0 N–H and O–H groups in total. The Balaban J connectivity index is 1.74. The van der Waals surface area contributed by atoms with E-state index in [1.165, 1.54) is 30.3 Å². The third kappa shape index (κ3) is 3.08. The van der Waals surface area contributed by atoms with Crippen LogP contribution in [-0.4, -0.2) is 19.4 Å². The topological polar surface area (TPSA) is 54.0 Å². The lowest BCUT2D eigenvalue weighted by atomic mass is 10.2. The highest BCUT2D eigenvalue weighted by atomic mass is 19.3. The van der Waals surface area contributed by atoms with Crippen molar-refractivity contribution in [3.63, 3.8) is 0 Å². The van der Waals surface area contributed by atoms with Crippen LogP contribution in [0.2, 0.25) is 0 Å². The zero-order chi connectivity index (χ0) is 15.5. The maximum atomic E-state index is 12.2. The van der Waals surface area contributed by atoms with Crippen LogP contribution in [0, 0.1) is 0 Å². The number of alkyl halides is 2. The van der Waals surface area contributed by atoms with Gasteiger partial charge in [-0.1, -0.05) is 6.07 Å². The summed E-state index contributed by atoms with van der Waals surface area (Å²) in [6, 6.07) is 10.0. The lowest BCUT2D eigenvalue weighted by Gasteiger charge is -2.07. The number of esters is 1. The maximum Gasteiger partial charge on any atom is 0.387 e. The first-order chi connectivity index (χ1) is 10.6. The zero-order valence-corrected chi connectivity index (χ0v) is 11.1. The number of carbonyl (C=O) groups is 1. The molecule has 0 unspecified atom stereocenters. The summed E-state index contributed by atoms with van der Waals surface area (Å²) in [7, 11) is 0. The van der Waals surface area contributed by atoms with E-state index in [2.05, 4.69) is 4.74 Å². The van der Waals surface area contributed by atoms with E-state index in [0.717, 1.165) is 0 Å². The molecule has 0 saturated carbocycles. The highest BCUT2D eigenvalue weighted by molar-refractivity contribution is 5.91. The molecule has 0 bridgehead atoms. The minimum Gasteiger partial charge on any atom is -0.454 e. The van der Waals surface area contributed by atoms with Gasteiger partial charge >= 0.3 is 12.6 Å². The van der Waals surface area contributed by atoms with Gasteiger partial charge in [-0.2, -0.15) is 8.78 Å². The number of carbonyl (C=O) groups excluding carboxylic acids is 1. The van der Waals surface area contributed by atoms with Crippen molar-refractivity contribution in [2.24, 2.45) is 0 Å². The second kappa shape index (κ2) is 5.88. The number of fused-ring (bicyclic) bond motifs is 1. The predicted molar refractivity (Wildman–Crippen MR) is 70.6 cm³/mol. The van der Waals surface area contributed by atoms with Gasteiger partial charge in [0.2, 0.25) is 6.79 Å². The van der Waals surface area contributed by atoms with E-state index in [1.54, 1.807) is 12.1 Å². The molecule has 114 valence electrons. The first-order valence-corrected chi connectivity index (χ1v) is 6.28. The van der Waals surface area contributed by atoms with E-state index in [4.69, 9.17) is 14.2 Å². The quantitative estimate of drug-likeness (QED) is 0.641. The molecule has 0 spiro atoms. The fourth-order valence-electron chi connectivity index (χ4n) is 1.91. The molecular formula is C15H10F2O5. The normalized spacial score (nSPS) is 12.3. The van der Waals surface area contributed by atoms with E-state index < -0.39 is 12.6 Å². The lowest BCUT2D eigenvalue weighted by Crippen LogP contribution is -2.09. The first-order valence-electron chi connectivity index (χ1n) is 6.28. The molecule has 1 aliphatic rings. The molecule has 0 atom stereocenters. The molecule has 1 aliphatic heterocycles. The molecule has 0 amide bonds. The minimum absolute atomic E-state index is 0.0933. The van der Waals surface area contributed by atoms with Gasteiger partial charge in [0.1, 0.15) is 11.5 Å². The average Bonchev–Trinajstić information content (AvgIpc) is 2.94. The van der Waals surface area contributed by atoms with Crippen molar-refractivity contribution in [3.8, 4) is 23.0 Å². The Labute approximate surface area is 124 Å². The fraction of sp³-hybridized carbons (Fsp3) is 0.133. The minimum atomic E-state index is -2.96. The number of hydrogen-bond donors (Lipinski definition) is 0. The molecule has 0 aliphatic carbocycles. The first kappa shape index (κ1) is 14.1. The molecule has 2 aromatic carbocycles. The van der Waals surface area contributed by atoms with Crippen LogP contribution in [0.25, 0.3) is 0 Å². The van der Waals surface area contributed by atoms with Crippen LogP contribution < -0.4 is 18.9 Å². The molecule has 7 heteroatoms. The lowest BCUT2D eigenvalue weighted by molar-refractivity contribution is -0.0499. The smallest absolute Gasteiger partial charge is 0.387 e. The standard InChI is InChI=1S/C15H10F2O5/c16-15(17)22-10-3-1-2-9(6-10)14(18)21-11-4-5-12-13(7-11)20-8-19-12/h1-7,15H,8H2. The molecule has 0 aromatic heterocycles. The summed E-state index contributed by atoms with van der Waals surface area (Å²) >= 11 is 0. The number of halogens is 2. The van der Waals surface area contributed by atoms with Gasteiger partial charge in [0.25, 0.3) is 0 Å². The number of hydrogen-bond acceptors (Lipinski definition) is 5. The second-order valence-corrected chi connectivity index (χ2v) is 4.31. The fourth-order valence-corrected chi connectivity index (χ4v) is 1.91. The van der Waals surface area contributed by atoms with Gasteiger partial charge in [0.15, 0.2) is 11.5 Å². The van der Waals surface area contributed by atoms with E-state index in [1.807, 2.05) is 0 Å². The zero-order valence-electron chi connectivity index (χ0n) is 11.1. The average molecular weight is 308 g/mol. The van der Waals surface area contributed by atoms with Crippen molar-refractivity contribution in [2.75, 3.05) is 6.79 Å². The van der Waals surface area contributed by atoms with Crippen LogP contribution in [0.3, 0.4) is 0 Å². The number of ether oxygens (including phenoxy) is 4. The van der Waals surface area contributed by atoms with Crippen molar-refractivity contribution in [1.82, 2.24) is 0 Å². The highest BCUT2D eigenvalue weighted by Crippen LogP contribution is 2.35. The van der Waals surface area contributed by atoms with Crippen LogP contribution in [0.4, 0.5) is 8.78 Å². The van der Waals surface area contributed by atoms with Crippen LogP contribution in [0.15, 0.2) is 42.5 Å². The number of rotatable bonds is 4. The summed E-state index contributed by atoms with van der Waals surface area (Å²) in [6.45, 7) is -2.85. The second-order valence-electron chi connectivity index (χ2n) is 4.31. The summed E-state index contributed by atoms with van der Waals surface area (Å²) in [4.78, 5) is 12.0. The van der Waals surface area contributed by atoms with Crippen LogP contribution in [0.1, 0.15) is 10.4 Å². The van der Waals surface area contributed by atoms with Crippen LogP contribution in [0.5, 0.6) is 23.0 Å². The van der Waals surface area contributed by atoms with Gasteiger partial charge in [0.05, 0.1) is 5.56 Å². The molecule has 0 saturated heterocycles. The Hall–Kier alpha value is -2.83. The van der Waals surface area contributed by atoms with E-state index in [0.29, 0.717) is 11.5 Å². The molecular weight excluding hydrogens is 298 g/mol. The van der Waals surface area contributed by atoms with Crippen LogP contribution in [-0.2, 0) is 0 Å². The SMILES string of the molecule is O=C(Oc1ccc2c(c1)OCO2)c1cccc(OC(F)F)c1. The van der Waals surface area contributed by atoms with Gasteiger partial charge in [-0.15, -0.1) is 0 Å². The Bertz CT molecular complexity index is 702. The van der Waals surface area contributed by atoms with E-state index in [9.17, 15) is 13.6 Å². The highest BCUT2D eigenvalue weighted by Gasteiger charge is 2.16. The van der Waals surface area contributed by atoms with E-state index >= 15 is 0 Å². The molecule has 0 fully saturated rings. The van der Waals surface area contributed by atoms with Gasteiger partial charge < -0.3 is 18.9 Å². The molecule has 0 radical (unpaired) electrons. The third-order valence-electron chi connectivity index (χ3n) is 2.85. The van der Waals surface area contributed by atoms with Crippen LogP contribution >= 0.6 is 0 Å². The monoisotopic (exact) mass is 308 g/mol. The molecule has 3 rings (SSSR count). The van der Waals surface area contributed by atoms with Gasteiger partial charge in [-0.05, 0) is 30.3 Å². The summed E-state index contributed by atoms with van der Waals surface area (Å²) in [5, 5.41) is 0. The molecule has 22 heavy (non-hydrogen) atoms. The largest absolute Gasteiger partial charge is 0.454 e. The summed E-state index contributed by atoms with van der Waals surface area (Å²) < 4.78 is 44.1. The molecule has 2 aromatic rings. The summed E-state index contributed by atoms with van der Waals surface area (Å²) in [5.41, 5.74) is 0.0933. The van der Waals surface area contributed by atoms with Crippen molar-refractivity contribution in [2.45, 2.75) is 6.61 Å². The van der Waals surface area contributed by atoms with Crippen molar-refractivity contribution in [1.29, 1.82) is 0 Å². The van der Waals surface area contributed by atoms with Gasteiger partial charge in [0, 0.05) is 6.07 Å². The van der Waals surface area contributed by atoms with Gasteiger partial charge in [-0.3, -0.25) is 0 Å². The molecule has 1 heterocycles. The predicted octanol–water partition coefficient (Wildman–Crippen LogP) is 3.24. The van der Waals surface area contributed by atoms with Crippen molar-refractivity contribution < 1.29 is 32.5 Å². The Morgan fingerprint density at radius 2 is 1.86 bits per heavy atom. The Morgan fingerprint density at radius 3 is 2.68 bits per heavy atom. The molecule has 5 nitrogen and oxygen atoms in total. The number of benzene rings is 2. The Kier molecular flexibility index (Phi) is 3.78. The van der Waals surface area contributed by atoms with Gasteiger partial charge in [-0.25, -0.2) is 4.79 Å². The van der Waals surface area contributed by atoms with E-state index in [-0.39, 0.29) is 23.9 Å². The third-order valence-corrected chi connectivity index (χ3v) is 2.85. The maximum absolute atomic E-state index is 12.2. The Morgan fingerprint density at radius 1 is 1.05 bits per heavy atom. The summed E-state index contributed by atoms with van der Waals surface area (Å²) in [5.74, 6) is 0.482.